The van der Waals surface area contributed by atoms with E-state index in [1.54, 1.807) is 54.6 Å². The standard InChI is InChI=1S/C21H24FNO3.C13H12FNO.C6H9NO3.ClH.2H2S/c1-3-19(23-15(2)24)13-20(25)12-16-7-9-21(10-8-16)26-14-17-5-4-6-18(22)11-17;14-11-3-1-2-10(8-11)9-16-13-6-4-12(15)5-7-13;1-4(8)7-5-2-6(9)10-3-5;;;/h4-11,19H,3,12-14H2,1-2H3,(H,23,24);1-8H,9,15H2;5H,2-3H2,1H3,(H,7,8);1H;2*1H2. The Morgan fingerprint density at radius 1 is 0.800 bits per heavy atom. The van der Waals surface area contributed by atoms with Crippen LogP contribution in [0.3, 0.4) is 0 Å². The highest BCUT2D eigenvalue weighted by molar-refractivity contribution is 7.59. The number of ketones is 1. The number of rotatable bonds is 13. The largest absolute Gasteiger partial charge is 0.489 e. The zero-order valence-electron chi connectivity index (χ0n) is 30.9. The number of ether oxygens (including phenoxy) is 3. The number of anilines is 1. The Hall–Kier alpha value is -4.79. The number of cyclic esters (lactones) is 1. The molecule has 5 rings (SSSR count). The summed E-state index contributed by atoms with van der Waals surface area (Å²) in [4.78, 5) is 44.2. The van der Waals surface area contributed by atoms with E-state index >= 15 is 0 Å². The second-order valence-electron chi connectivity index (χ2n) is 12.1. The van der Waals surface area contributed by atoms with Crippen LogP contribution < -0.4 is 25.8 Å². The minimum absolute atomic E-state index is 0. The van der Waals surface area contributed by atoms with E-state index in [-0.39, 0.29) is 93.3 Å². The van der Waals surface area contributed by atoms with Gasteiger partial charge in [-0.05, 0) is 83.8 Å². The van der Waals surface area contributed by atoms with Gasteiger partial charge < -0.3 is 30.6 Å². The third-order valence-corrected chi connectivity index (χ3v) is 7.43. The molecule has 2 amide bonds. The maximum absolute atomic E-state index is 13.1. The molecule has 1 heterocycles. The lowest BCUT2D eigenvalue weighted by Gasteiger charge is -2.15. The van der Waals surface area contributed by atoms with Gasteiger partial charge in [-0.2, -0.15) is 27.0 Å². The molecule has 10 nitrogen and oxygen atoms in total. The SMILES string of the molecule is CC(=O)NC1COC(=O)C1.CCC(CC(=O)Cc1ccc(OCc2cccc(F)c2)cc1)NC(C)=O.Cl.Nc1ccc(OCc2cccc(F)c2)cc1.S.S. The van der Waals surface area contributed by atoms with E-state index in [9.17, 15) is 28.0 Å². The molecule has 2 unspecified atom stereocenters. The molecular formula is C40H50ClF2N3O7S2. The molecule has 1 aliphatic rings. The maximum atomic E-state index is 13.1. The second kappa shape index (κ2) is 26.9. The molecule has 4 aromatic rings. The number of esters is 1. The average molecular weight is 822 g/mol. The van der Waals surface area contributed by atoms with Gasteiger partial charge in [0, 0.05) is 38.4 Å². The summed E-state index contributed by atoms with van der Waals surface area (Å²) in [5.74, 6) is 0.446. The van der Waals surface area contributed by atoms with Gasteiger partial charge in [0.2, 0.25) is 11.8 Å². The van der Waals surface area contributed by atoms with Crippen LogP contribution >= 0.6 is 39.4 Å². The summed E-state index contributed by atoms with van der Waals surface area (Å²) >= 11 is 0. The smallest absolute Gasteiger partial charge is 0.308 e. The van der Waals surface area contributed by atoms with Crippen LogP contribution in [0.5, 0.6) is 11.5 Å². The van der Waals surface area contributed by atoms with Crippen LogP contribution in [0.4, 0.5) is 14.5 Å². The first-order chi connectivity index (χ1) is 24.9. The number of nitrogens with one attached hydrogen (secondary N) is 2. The van der Waals surface area contributed by atoms with Gasteiger partial charge in [0.25, 0.3) is 0 Å². The van der Waals surface area contributed by atoms with Crippen LogP contribution in [0.25, 0.3) is 0 Å². The van der Waals surface area contributed by atoms with Gasteiger partial charge in [-0.15, -0.1) is 12.4 Å². The second-order valence-corrected chi connectivity index (χ2v) is 12.1. The predicted molar refractivity (Wildman–Crippen MR) is 221 cm³/mol. The molecule has 0 aromatic heterocycles. The van der Waals surface area contributed by atoms with Crippen molar-refractivity contribution in [2.24, 2.45) is 0 Å². The number of hydrogen-bond donors (Lipinski definition) is 3. The Balaban J connectivity index is 0.000000858. The lowest BCUT2D eigenvalue weighted by molar-refractivity contribution is -0.138. The number of amides is 2. The van der Waals surface area contributed by atoms with Crippen molar-refractivity contribution in [3.8, 4) is 11.5 Å². The Morgan fingerprint density at radius 2 is 1.31 bits per heavy atom. The van der Waals surface area contributed by atoms with Gasteiger partial charge in [0.1, 0.15) is 48.7 Å². The molecule has 15 heteroatoms. The Kier molecular flexibility index (Phi) is 24.6. The number of halogens is 3. The summed E-state index contributed by atoms with van der Waals surface area (Å²) in [6.45, 7) is 5.77. The Labute approximate surface area is 341 Å². The van der Waals surface area contributed by atoms with Gasteiger partial charge in [0.05, 0.1) is 12.5 Å². The number of hydrogen-bond acceptors (Lipinski definition) is 8. The highest BCUT2D eigenvalue weighted by Gasteiger charge is 2.23. The summed E-state index contributed by atoms with van der Waals surface area (Å²) < 4.78 is 41.7. The molecule has 1 fully saturated rings. The Morgan fingerprint density at radius 3 is 1.73 bits per heavy atom. The first kappa shape index (κ1) is 50.2. The molecule has 0 spiro atoms. The normalized spacial score (nSPS) is 12.8. The highest BCUT2D eigenvalue weighted by atomic mass is 35.5. The van der Waals surface area contributed by atoms with Gasteiger partial charge in [0.15, 0.2) is 0 Å². The molecule has 1 aliphatic heterocycles. The summed E-state index contributed by atoms with van der Waals surface area (Å²) in [7, 11) is 0. The molecule has 1 saturated heterocycles. The van der Waals surface area contributed by atoms with E-state index in [2.05, 4.69) is 15.4 Å². The molecule has 0 saturated carbocycles. The summed E-state index contributed by atoms with van der Waals surface area (Å²) in [5.41, 5.74) is 8.70. The van der Waals surface area contributed by atoms with E-state index in [1.165, 1.54) is 38.1 Å². The van der Waals surface area contributed by atoms with Crippen LogP contribution in [-0.4, -0.2) is 42.3 Å². The van der Waals surface area contributed by atoms with Crippen LogP contribution in [-0.2, 0) is 43.5 Å². The van der Waals surface area contributed by atoms with Crippen molar-refractivity contribution in [3.05, 3.63) is 125 Å². The average Bonchev–Trinajstić information content (AvgIpc) is 3.51. The summed E-state index contributed by atoms with van der Waals surface area (Å²) in [6.07, 6.45) is 1.67. The topological polar surface area (TPSA) is 146 Å². The van der Waals surface area contributed by atoms with Crippen LogP contribution in [0, 0.1) is 11.6 Å². The monoisotopic (exact) mass is 821 g/mol. The molecule has 0 bridgehead atoms. The van der Waals surface area contributed by atoms with Crippen molar-refractivity contribution >= 4 is 68.7 Å². The number of benzene rings is 4. The van der Waals surface area contributed by atoms with Gasteiger partial charge in [-0.25, -0.2) is 8.78 Å². The van der Waals surface area contributed by atoms with Gasteiger partial charge in [-0.3, -0.25) is 19.2 Å². The van der Waals surface area contributed by atoms with Crippen LogP contribution in [0.2, 0.25) is 0 Å². The third kappa shape index (κ3) is 21.0. The molecule has 4 N–H and O–H groups in total. The van der Waals surface area contributed by atoms with E-state index < -0.39 is 0 Å². The number of carbonyl (C=O) groups excluding carboxylic acids is 4. The molecule has 0 radical (unpaired) electrons. The fraction of sp³-hybridized carbons (Fsp3) is 0.300. The van der Waals surface area contributed by atoms with E-state index in [0.29, 0.717) is 43.9 Å². The molecule has 2 atom stereocenters. The minimum atomic E-state index is -0.287. The molecule has 0 aliphatic carbocycles. The lowest BCUT2D eigenvalue weighted by Crippen LogP contribution is -2.34. The highest BCUT2D eigenvalue weighted by Crippen LogP contribution is 2.17. The third-order valence-electron chi connectivity index (χ3n) is 7.43. The van der Waals surface area contributed by atoms with Crippen molar-refractivity contribution in [1.82, 2.24) is 10.6 Å². The van der Waals surface area contributed by atoms with E-state index in [0.717, 1.165) is 28.9 Å². The number of nitrogens with two attached hydrogens (primary N) is 1. The maximum Gasteiger partial charge on any atom is 0.308 e. The molecular weight excluding hydrogens is 772 g/mol. The molecule has 300 valence electrons. The van der Waals surface area contributed by atoms with Crippen molar-refractivity contribution in [3.63, 3.8) is 0 Å². The predicted octanol–water partition coefficient (Wildman–Crippen LogP) is 6.89. The van der Waals surface area contributed by atoms with Crippen molar-refractivity contribution in [2.45, 2.75) is 71.8 Å². The van der Waals surface area contributed by atoms with Gasteiger partial charge in [-0.1, -0.05) is 43.3 Å². The van der Waals surface area contributed by atoms with Crippen molar-refractivity contribution in [1.29, 1.82) is 0 Å². The van der Waals surface area contributed by atoms with Gasteiger partial charge >= 0.3 is 5.97 Å². The lowest BCUT2D eigenvalue weighted by atomic mass is 10.0. The van der Waals surface area contributed by atoms with E-state index in [1.807, 2.05) is 25.1 Å². The first-order valence-corrected chi connectivity index (χ1v) is 16.8. The zero-order valence-corrected chi connectivity index (χ0v) is 33.8. The molecule has 55 heavy (non-hydrogen) atoms. The van der Waals surface area contributed by atoms with Crippen LogP contribution in [0.15, 0.2) is 97.1 Å². The van der Waals surface area contributed by atoms with E-state index in [4.69, 9.17) is 15.2 Å². The fourth-order valence-electron chi connectivity index (χ4n) is 4.91. The van der Waals surface area contributed by atoms with Crippen LogP contribution in [0.1, 0.15) is 56.7 Å². The quantitative estimate of drug-likeness (QED) is 0.0977. The number of nitrogen functional groups attached to an aromatic ring is 1. The first-order valence-electron chi connectivity index (χ1n) is 16.8. The number of Topliss-reactive ketones (excluding diaryl/α,β-unsaturated/α-hetero) is 1. The number of carbonyl (C=O) groups is 4. The Bertz CT molecular complexity index is 1770. The fourth-order valence-corrected chi connectivity index (χ4v) is 4.91. The zero-order chi connectivity index (χ0) is 37.9. The molecule has 4 aromatic carbocycles. The van der Waals surface area contributed by atoms with Crippen molar-refractivity contribution in [2.75, 3.05) is 12.3 Å². The summed E-state index contributed by atoms with van der Waals surface area (Å²) in [5, 5.41) is 5.37. The minimum Gasteiger partial charge on any atom is -0.489 e. The summed E-state index contributed by atoms with van der Waals surface area (Å²) in [6, 6.07) is 26.8. The van der Waals surface area contributed by atoms with Crippen molar-refractivity contribution < 1.29 is 42.2 Å².